The molecule has 0 aromatic heterocycles. The third kappa shape index (κ3) is 2.11. The molecular formula is C11H11NO2. The SMILES string of the molecule is [C-]#[N+]c1ccc(C(=O)OCC)cc1C. The summed E-state index contributed by atoms with van der Waals surface area (Å²) < 4.78 is 4.84. The Morgan fingerprint density at radius 1 is 1.57 bits per heavy atom. The summed E-state index contributed by atoms with van der Waals surface area (Å²) in [6.07, 6.45) is 0. The minimum atomic E-state index is -0.341. The monoisotopic (exact) mass is 189 g/mol. The van der Waals surface area contributed by atoms with Crippen molar-refractivity contribution in [2.75, 3.05) is 6.61 Å². The van der Waals surface area contributed by atoms with E-state index in [0.29, 0.717) is 17.9 Å². The summed E-state index contributed by atoms with van der Waals surface area (Å²) in [5.74, 6) is -0.341. The Kier molecular flexibility index (Phi) is 3.24. The zero-order valence-corrected chi connectivity index (χ0v) is 8.20. The number of esters is 1. The minimum absolute atomic E-state index is 0.341. The lowest BCUT2D eigenvalue weighted by molar-refractivity contribution is 0.0526. The van der Waals surface area contributed by atoms with Crippen molar-refractivity contribution < 1.29 is 9.53 Å². The van der Waals surface area contributed by atoms with Crippen LogP contribution < -0.4 is 0 Å². The maximum atomic E-state index is 11.3. The molecule has 1 aromatic carbocycles. The molecule has 0 bridgehead atoms. The third-order valence-electron chi connectivity index (χ3n) is 1.83. The molecule has 0 saturated carbocycles. The van der Waals surface area contributed by atoms with Crippen LogP contribution in [0.3, 0.4) is 0 Å². The van der Waals surface area contributed by atoms with Crippen molar-refractivity contribution in [2.24, 2.45) is 0 Å². The Morgan fingerprint density at radius 3 is 2.79 bits per heavy atom. The molecule has 3 heteroatoms. The molecule has 0 saturated heterocycles. The topological polar surface area (TPSA) is 30.7 Å². The van der Waals surface area contributed by atoms with Crippen LogP contribution in [-0.4, -0.2) is 12.6 Å². The van der Waals surface area contributed by atoms with Crippen LogP contribution in [-0.2, 0) is 4.74 Å². The lowest BCUT2D eigenvalue weighted by Gasteiger charge is -2.03. The first-order chi connectivity index (χ1) is 6.69. The summed E-state index contributed by atoms with van der Waals surface area (Å²) in [7, 11) is 0. The molecule has 0 amide bonds. The highest BCUT2D eigenvalue weighted by Crippen LogP contribution is 2.19. The minimum Gasteiger partial charge on any atom is -0.462 e. The Morgan fingerprint density at radius 2 is 2.29 bits per heavy atom. The molecule has 0 unspecified atom stereocenters. The van der Waals surface area contributed by atoms with E-state index in [1.165, 1.54) is 0 Å². The highest BCUT2D eigenvalue weighted by Gasteiger charge is 2.07. The molecule has 0 N–H and O–H groups in total. The summed E-state index contributed by atoms with van der Waals surface area (Å²) in [6, 6.07) is 4.92. The number of ether oxygens (including phenoxy) is 1. The number of hydrogen-bond acceptors (Lipinski definition) is 2. The van der Waals surface area contributed by atoms with Gasteiger partial charge < -0.3 is 4.74 Å². The van der Waals surface area contributed by atoms with E-state index in [-0.39, 0.29) is 5.97 Å². The molecule has 0 spiro atoms. The maximum Gasteiger partial charge on any atom is 0.338 e. The highest BCUT2D eigenvalue weighted by atomic mass is 16.5. The highest BCUT2D eigenvalue weighted by molar-refractivity contribution is 5.90. The van der Waals surface area contributed by atoms with Crippen molar-refractivity contribution in [3.8, 4) is 0 Å². The van der Waals surface area contributed by atoms with Gasteiger partial charge >= 0.3 is 5.97 Å². The molecule has 72 valence electrons. The van der Waals surface area contributed by atoms with E-state index in [0.717, 1.165) is 5.56 Å². The van der Waals surface area contributed by atoms with Crippen LogP contribution in [0.5, 0.6) is 0 Å². The van der Waals surface area contributed by atoms with Gasteiger partial charge in [-0.2, -0.15) is 0 Å². The van der Waals surface area contributed by atoms with Gasteiger partial charge in [-0.25, -0.2) is 9.64 Å². The lowest BCUT2D eigenvalue weighted by Crippen LogP contribution is -2.04. The van der Waals surface area contributed by atoms with E-state index in [2.05, 4.69) is 4.85 Å². The number of aryl methyl sites for hydroxylation is 1. The predicted octanol–water partition coefficient (Wildman–Crippen LogP) is 2.72. The van der Waals surface area contributed by atoms with E-state index in [4.69, 9.17) is 11.3 Å². The standard InChI is InChI=1S/C11H11NO2/c1-4-14-11(13)9-5-6-10(12-3)8(2)7-9/h5-7H,4H2,1-2H3. The van der Waals surface area contributed by atoms with Crippen LogP contribution in [0.25, 0.3) is 4.85 Å². The fourth-order valence-corrected chi connectivity index (χ4v) is 1.12. The molecule has 1 rings (SSSR count). The van der Waals surface area contributed by atoms with Crippen molar-refractivity contribution in [1.82, 2.24) is 0 Å². The van der Waals surface area contributed by atoms with E-state index in [1.807, 2.05) is 0 Å². The summed E-state index contributed by atoms with van der Waals surface area (Å²) >= 11 is 0. The van der Waals surface area contributed by atoms with Gasteiger partial charge in [0.2, 0.25) is 0 Å². The Balaban J connectivity index is 2.98. The zero-order valence-electron chi connectivity index (χ0n) is 8.20. The molecule has 0 atom stereocenters. The van der Waals surface area contributed by atoms with Gasteiger partial charge in [-0.05, 0) is 19.4 Å². The van der Waals surface area contributed by atoms with Crippen molar-refractivity contribution in [1.29, 1.82) is 0 Å². The van der Waals surface area contributed by atoms with Crippen LogP contribution >= 0.6 is 0 Å². The average molecular weight is 189 g/mol. The molecule has 0 fully saturated rings. The van der Waals surface area contributed by atoms with Gasteiger partial charge in [-0.15, -0.1) is 0 Å². The summed E-state index contributed by atoms with van der Waals surface area (Å²) in [6.45, 7) is 10.8. The summed E-state index contributed by atoms with van der Waals surface area (Å²) in [5, 5.41) is 0. The van der Waals surface area contributed by atoms with Gasteiger partial charge in [0.05, 0.1) is 18.7 Å². The van der Waals surface area contributed by atoms with Crippen LogP contribution in [0.1, 0.15) is 22.8 Å². The van der Waals surface area contributed by atoms with Gasteiger partial charge in [-0.1, -0.05) is 18.2 Å². The second kappa shape index (κ2) is 4.43. The second-order valence-corrected chi connectivity index (χ2v) is 2.83. The lowest BCUT2D eigenvalue weighted by atomic mass is 10.1. The molecule has 1 aromatic rings. The van der Waals surface area contributed by atoms with E-state index in [1.54, 1.807) is 32.0 Å². The van der Waals surface area contributed by atoms with E-state index < -0.39 is 0 Å². The third-order valence-corrected chi connectivity index (χ3v) is 1.83. The second-order valence-electron chi connectivity index (χ2n) is 2.83. The predicted molar refractivity (Wildman–Crippen MR) is 53.4 cm³/mol. The van der Waals surface area contributed by atoms with Crippen LogP contribution in [0.2, 0.25) is 0 Å². The fraction of sp³-hybridized carbons (Fsp3) is 0.273. The fourth-order valence-electron chi connectivity index (χ4n) is 1.12. The number of carbonyl (C=O) groups is 1. The first kappa shape index (κ1) is 10.3. The molecule has 0 heterocycles. The van der Waals surface area contributed by atoms with Gasteiger partial charge in [0.25, 0.3) is 0 Å². The molecular weight excluding hydrogens is 178 g/mol. The number of hydrogen-bond donors (Lipinski definition) is 0. The largest absolute Gasteiger partial charge is 0.462 e. The van der Waals surface area contributed by atoms with Crippen molar-refractivity contribution in [3.05, 3.63) is 40.7 Å². The number of rotatable bonds is 2. The molecule has 0 aliphatic carbocycles. The van der Waals surface area contributed by atoms with Crippen molar-refractivity contribution in [3.63, 3.8) is 0 Å². The van der Waals surface area contributed by atoms with Gasteiger partial charge in [0, 0.05) is 0 Å². The zero-order chi connectivity index (χ0) is 10.6. The smallest absolute Gasteiger partial charge is 0.338 e. The van der Waals surface area contributed by atoms with Crippen LogP contribution in [0.4, 0.5) is 5.69 Å². The summed E-state index contributed by atoms with van der Waals surface area (Å²) in [5.41, 5.74) is 1.86. The van der Waals surface area contributed by atoms with E-state index >= 15 is 0 Å². The molecule has 0 aliphatic rings. The average Bonchev–Trinajstić information content (AvgIpc) is 2.18. The van der Waals surface area contributed by atoms with Gasteiger partial charge in [0.1, 0.15) is 0 Å². The first-order valence-electron chi connectivity index (χ1n) is 4.34. The number of nitrogens with zero attached hydrogens (tertiary/aromatic N) is 1. The molecule has 0 aliphatic heterocycles. The van der Waals surface area contributed by atoms with Crippen LogP contribution in [0, 0.1) is 13.5 Å². The van der Waals surface area contributed by atoms with Gasteiger partial charge in [0.15, 0.2) is 5.69 Å². The Bertz CT molecular complexity index is 391. The van der Waals surface area contributed by atoms with Gasteiger partial charge in [-0.3, -0.25) is 0 Å². The van der Waals surface area contributed by atoms with Crippen molar-refractivity contribution >= 4 is 11.7 Å². The molecule has 14 heavy (non-hydrogen) atoms. The normalized spacial score (nSPS) is 9.21. The van der Waals surface area contributed by atoms with Crippen molar-refractivity contribution in [2.45, 2.75) is 13.8 Å². The number of benzene rings is 1. The first-order valence-corrected chi connectivity index (χ1v) is 4.34. The molecule has 0 radical (unpaired) electrons. The van der Waals surface area contributed by atoms with E-state index in [9.17, 15) is 4.79 Å². The molecule has 3 nitrogen and oxygen atoms in total. The van der Waals surface area contributed by atoms with Crippen LogP contribution in [0.15, 0.2) is 18.2 Å². The summed E-state index contributed by atoms with van der Waals surface area (Å²) in [4.78, 5) is 14.6. The Hall–Kier alpha value is -1.82. The maximum absolute atomic E-state index is 11.3. The quantitative estimate of drug-likeness (QED) is 0.529. The number of carbonyl (C=O) groups excluding carboxylic acids is 1. The Labute approximate surface area is 83.1 Å².